The Morgan fingerprint density at radius 3 is 2.51 bits per heavy atom. The second-order valence-corrected chi connectivity index (χ2v) is 10.1. The maximum atomic E-state index is 14.2. The second-order valence-electron chi connectivity index (χ2n) is 9.15. The molecule has 4 rings (SSSR count). The van der Waals surface area contributed by atoms with Gasteiger partial charge in [0.2, 0.25) is 0 Å². The van der Waals surface area contributed by atoms with E-state index in [-0.39, 0.29) is 18.9 Å². The van der Waals surface area contributed by atoms with Gasteiger partial charge in [-0.3, -0.25) is 9.59 Å². The number of methoxy groups -OCH3 is 1. The third-order valence-corrected chi connectivity index (χ3v) is 6.95. The van der Waals surface area contributed by atoms with Crippen molar-refractivity contribution in [2.24, 2.45) is 0 Å². The number of halogens is 2. The quantitative estimate of drug-likeness (QED) is 0.263. The van der Waals surface area contributed by atoms with Crippen LogP contribution in [0.4, 0.5) is 4.39 Å². The average Bonchev–Trinajstić information content (AvgIpc) is 2.87. The molecule has 1 heterocycles. The minimum atomic E-state index is -1.14. The number of aliphatic carboxylic acids is 1. The molecule has 0 aliphatic rings. The van der Waals surface area contributed by atoms with Gasteiger partial charge in [-0.05, 0) is 48.9 Å². The molecule has 1 atom stereocenters. The summed E-state index contributed by atoms with van der Waals surface area (Å²) in [4.78, 5) is 30.4. The van der Waals surface area contributed by atoms with Crippen molar-refractivity contribution >= 4 is 38.7 Å². The molecule has 1 unspecified atom stereocenters. The molecule has 0 fully saturated rings. The first-order valence-electron chi connectivity index (χ1n) is 11.6. The number of pyridine rings is 1. The summed E-state index contributed by atoms with van der Waals surface area (Å²) in [6.45, 7) is 3.45. The minimum Gasteiger partial charge on any atom is -0.496 e. The highest BCUT2D eigenvalue weighted by Crippen LogP contribution is 2.36. The number of carbonyl (C=O) groups excluding carboxylic acids is 1. The fraction of sp³-hybridized carbons (Fsp3) is 0.207. The second kappa shape index (κ2) is 10.7. The standard InChI is InChI=1S/C29H26BrFN2O4/c1-17-26(21-13-19(30)9-11-23(21)33-27(17)18-7-5-4-6-8-18)28(36)32-16-29(2,15-25(34)35)22-14-20(31)10-12-24(22)37-3/h4-14H,15-16H2,1-3H3,(H,32,36)(H,34,35). The summed E-state index contributed by atoms with van der Waals surface area (Å²) in [5.41, 5.74) is 2.56. The summed E-state index contributed by atoms with van der Waals surface area (Å²) in [7, 11) is 1.44. The predicted molar refractivity (Wildman–Crippen MR) is 145 cm³/mol. The maximum Gasteiger partial charge on any atom is 0.304 e. The van der Waals surface area contributed by atoms with E-state index in [1.807, 2.05) is 55.5 Å². The lowest BCUT2D eigenvalue weighted by Gasteiger charge is -2.30. The van der Waals surface area contributed by atoms with Gasteiger partial charge in [-0.15, -0.1) is 0 Å². The van der Waals surface area contributed by atoms with E-state index in [0.29, 0.717) is 39.0 Å². The van der Waals surface area contributed by atoms with E-state index < -0.39 is 17.2 Å². The molecule has 37 heavy (non-hydrogen) atoms. The summed E-state index contributed by atoms with van der Waals surface area (Å²) >= 11 is 3.48. The molecule has 2 N–H and O–H groups in total. The number of carboxylic acid groups (broad SMARTS) is 1. The molecule has 4 aromatic rings. The molecule has 0 aliphatic carbocycles. The molecule has 1 aromatic heterocycles. The highest BCUT2D eigenvalue weighted by molar-refractivity contribution is 9.10. The summed E-state index contributed by atoms with van der Waals surface area (Å²) in [5, 5.41) is 13.2. The fourth-order valence-corrected chi connectivity index (χ4v) is 4.96. The highest BCUT2D eigenvalue weighted by Gasteiger charge is 2.34. The number of aromatic nitrogens is 1. The lowest BCUT2D eigenvalue weighted by atomic mass is 9.78. The number of hydrogen-bond donors (Lipinski definition) is 2. The number of hydrogen-bond acceptors (Lipinski definition) is 4. The average molecular weight is 565 g/mol. The van der Waals surface area contributed by atoms with E-state index >= 15 is 0 Å². The van der Waals surface area contributed by atoms with Crippen molar-refractivity contribution in [1.82, 2.24) is 10.3 Å². The lowest BCUT2D eigenvalue weighted by Crippen LogP contribution is -2.41. The third kappa shape index (κ3) is 5.49. The van der Waals surface area contributed by atoms with Gasteiger partial charge in [-0.1, -0.05) is 53.2 Å². The number of carbonyl (C=O) groups is 2. The molecule has 8 heteroatoms. The van der Waals surface area contributed by atoms with Crippen LogP contribution >= 0.6 is 15.9 Å². The lowest BCUT2D eigenvalue weighted by molar-refractivity contribution is -0.138. The first kappa shape index (κ1) is 26.3. The van der Waals surface area contributed by atoms with Gasteiger partial charge in [0, 0.05) is 32.9 Å². The Kier molecular flexibility index (Phi) is 7.59. The molecule has 0 aliphatic heterocycles. The van der Waals surface area contributed by atoms with E-state index in [0.717, 1.165) is 10.0 Å². The van der Waals surface area contributed by atoms with Crippen molar-refractivity contribution in [2.45, 2.75) is 25.7 Å². The van der Waals surface area contributed by atoms with E-state index in [9.17, 15) is 19.1 Å². The molecule has 0 saturated carbocycles. The van der Waals surface area contributed by atoms with Crippen molar-refractivity contribution in [3.05, 3.63) is 93.7 Å². The van der Waals surface area contributed by atoms with Crippen LogP contribution in [-0.2, 0) is 10.2 Å². The van der Waals surface area contributed by atoms with Crippen LogP contribution in [0.5, 0.6) is 5.75 Å². The Balaban J connectivity index is 1.79. The van der Waals surface area contributed by atoms with Crippen LogP contribution in [0.3, 0.4) is 0 Å². The van der Waals surface area contributed by atoms with Gasteiger partial charge in [0.05, 0.1) is 30.3 Å². The molecule has 190 valence electrons. The number of ether oxygens (including phenoxy) is 1. The zero-order valence-electron chi connectivity index (χ0n) is 20.6. The Hall–Kier alpha value is -3.78. The number of nitrogens with one attached hydrogen (secondary N) is 1. The van der Waals surface area contributed by atoms with Crippen molar-refractivity contribution in [3.8, 4) is 17.0 Å². The van der Waals surface area contributed by atoms with Gasteiger partial charge in [0.25, 0.3) is 5.91 Å². The van der Waals surface area contributed by atoms with Gasteiger partial charge in [-0.2, -0.15) is 0 Å². The van der Waals surface area contributed by atoms with E-state index in [1.165, 1.54) is 25.3 Å². The van der Waals surface area contributed by atoms with Gasteiger partial charge in [0.15, 0.2) is 0 Å². The Bertz CT molecular complexity index is 1490. The monoisotopic (exact) mass is 564 g/mol. The third-order valence-electron chi connectivity index (χ3n) is 6.46. The molecule has 0 spiro atoms. The van der Waals surface area contributed by atoms with Crippen molar-refractivity contribution in [2.75, 3.05) is 13.7 Å². The normalized spacial score (nSPS) is 12.7. The van der Waals surface area contributed by atoms with Gasteiger partial charge in [-0.25, -0.2) is 9.37 Å². The largest absolute Gasteiger partial charge is 0.496 e. The maximum absolute atomic E-state index is 14.2. The van der Waals surface area contributed by atoms with Crippen molar-refractivity contribution < 1.29 is 23.8 Å². The van der Waals surface area contributed by atoms with E-state index in [4.69, 9.17) is 9.72 Å². The topological polar surface area (TPSA) is 88.5 Å². The summed E-state index contributed by atoms with van der Waals surface area (Å²) < 4.78 is 20.4. The number of carboxylic acids is 1. The van der Waals surface area contributed by atoms with Gasteiger partial charge < -0.3 is 15.2 Å². The zero-order valence-corrected chi connectivity index (χ0v) is 22.2. The highest BCUT2D eigenvalue weighted by atomic mass is 79.9. The molecule has 1 amide bonds. The molecule has 6 nitrogen and oxygen atoms in total. The number of rotatable bonds is 8. The van der Waals surface area contributed by atoms with Crippen LogP contribution in [0.2, 0.25) is 0 Å². The Morgan fingerprint density at radius 2 is 1.84 bits per heavy atom. The van der Waals surface area contributed by atoms with E-state index in [2.05, 4.69) is 21.2 Å². The summed E-state index contributed by atoms with van der Waals surface area (Å²) in [5.74, 6) is -1.64. The van der Waals surface area contributed by atoms with Gasteiger partial charge in [0.1, 0.15) is 11.6 Å². The molecular formula is C29H26BrFN2O4. The SMILES string of the molecule is COc1ccc(F)cc1C(C)(CNC(=O)c1c(C)c(-c2ccccc2)nc2ccc(Br)cc12)CC(=O)O. The zero-order chi connectivity index (χ0) is 26.7. The van der Waals surface area contributed by atoms with Crippen LogP contribution < -0.4 is 10.1 Å². The van der Waals surface area contributed by atoms with Crippen LogP contribution in [-0.4, -0.2) is 35.6 Å². The summed E-state index contributed by atoms with van der Waals surface area (Å²) in [6.07, 6.45) is -0.343. The molecule has 3 aromatic carbocycles. The first-order chi connectivity index (χ1) is 17.6. The van der Waals surface area contributed by atoms with Crippen LogP contribution in [0.25, 0.3) is 22.2 Å². The van der Waals surface area contributed by atoms with Crippen molar-refractivity contribution in [3.63, 3.8) is 0 Å². The smallest absolute Gasteiger partial charge is 0.304 e. The minimum absolute atomic E-state index is 0.0596. The molecule has 0 saturated heterocycles. The predicted octanol–water partition coefficient (Wildman–Crippen LogP) is 6.28. The number of benzene rings is 3. The summed E-state index contributed by atoms with van der Waals surface area (Å²) in [6, 6.07) is 19.1. The molecule has 0 radical (unpaired) electrons. The molecular weight excluding hydrogens is 539 g/mol. The number of amides is 1. The van der Waals surface area contributed by atoms with Crippen LogP contribution in [0.1, 0.15) is 34.8 Å². The van der Waals surface area contributed by atoms with Gasteiger partial charge >= 0.3 is 5.97 Å². The number of fused-ring (bicyclic) bond motifs is 1. The Morgan fingerprint density at radius 1 is 1.11 bits per heavy atom. The van der Waals surface area contributed by atoms with Crippen molar-refractivity contribution in [1.29, 1.82) is 0 Å². The molecule has 0 bridgehead atoms. The first-order valence-corrected chi connectivity index (χ1v) is 12.4. The number of nitrogens with zero attached hydrogens (tertiary/aromatic N) is 1. The van der Waals surface area contributed by atoms with Crippen LogP contribution in [0.15, 0.2) is 71.2 Å². The van der Waals surface area contributed by atoms with E-state index in [1.54, 1.807) is 6.92 Å². The fourth-order valence-electron chi connectivity index (χ4n) is 4.60. The Labute approximate surface area is 222 Å². The van der Waals surface area contributed by atoms with Crippen LogP contribution in [0, 0.1) is 12.7 Å².